The van der Waals surface area contributed by atoms with Gasteiger partial charge in [0, 0.05) is 37.6 Å². The van der Waals surface area contributed by atoms with Gasteiger partial charge in [-0.2, -0.15) is 13.2 Å². The molecule has 10 heteroatoms. The zero-order valence-corrected chi connectivity index (χ0v) is 18.7. The first-order chi connectivity index (χ1) is 15.7. The predicted octanol–water partition coefficient (Wildman–Crippen LogP) is 3.99. The molecule has 4 rings (SSSR count). The van der Waals surface area contributed by atoms with Crippen molar-refractivity contribution in [3.63, 3.8) is 0 Å². The Labute approximate surface area is 194 Å². The first-order valence-corrected chi connectivity index (χ1v) is 10.9. The first-order valence-electron chi connectivity index (χ1n) is 10.6. The van der Waals surface area contributed by atoms with E-state index in [2.05, 4.69) is 4.90 Å². The summed E-state index contributed by atoms with van der Waals surface area (Å²) in [5.74, 6) is -1.00. The van der Waals surface area contributed by atoms with E-state index in [4.69, 9.17) is 16.3 Å². The minimum Gasteiger partial charge on any atom is -0.378 e. The van der Waals surface area contributed by atoms with Gasteiger partial charge in [-0.3, -0.25) is 9.59 Å². The van der Waals surface area contributed by atoms with Crippen LogP contribution in [0.5, 0.6) is 0 Å². The summed E-state index contributed by atoms with van der Waals surface area (Å²) < 4.78 is 44.9. The zero-order valence-electron chi connectivity index (χ0n) is 18.0. The molecule has 2 saturated heterocycles. The van der Waals surface area contributed by atoms with E-state index in [-0.39, 0.29) is 31.1 Å². The van der Waals surface area contributed by atoms with E-state index in [0.717, 1.165) is 42.2 Å². The predicted molar refractivity (Wildman–Crippen MR) is 119 cm³/mol. The molecule has 2 aromatic rings. The summed E-state index contributed by atoms with van der Waals surface area (Å²) in [6.07, 6.45) is -4.68. The Bertz CT molecular complexity index is 1070. The normalized spacial score (nSPS) is 17.5. The second-order valence-corrected chi connectivity index (χ2v) is 8.39. The van der Waals surface area contributed by atoms with Crippen molar-refractivity contribution >= 4 is 34.8 Å². The van der Waals surface area contributed by atoms with Crippen molar-refractivity contribution in [2.45, 2.75) is 13.1 Å². The van der Waals surface area contributed by atoms with Crippen LogP contribution < -0.4 is 9.80 Å². The third-order valence-corrected chi connectivity index (χ3v) is 6.31. The Morgan fingerprint density at radius 2 is 1.79 bits per heavy atom. The van der Waals surface area contributed by atoms with Crippen molar-refractivity contribution in [3.05, 3.63) is 58.1 Å². The van der Waals surface area contributed by atoms with Gasteiger partial charge in [-0.25, -0.2) is 0 Å². The Morgan fingerprint density at radius 3 is 2.45 bits per heavy atom. The summed E-state index contributed by atoms with van der Waals surface area (Å²) in [7, 11) is 0. The quantitative estimate of drug-likeness (QED) is 0.665. The van der Waals surface area contributed by atoms with Gasteiger partial charge in [-0.15, -0.1) is 0 Å². The number of morpholine rings is 1. The molecule has 0 aliphatic carbocycles. The molecule has 6 nitrogen and oxygen atoms in total. The van der Waals surface area contributed by atoms with E-state index in [0.29, 0.717) is 13.2 Å². The largest absolute Gasteiger partial charge is 0.417 e. The maximum absolute atomic E-state index is 13.2. The fraction of sp³-hybridized carbons (Fsp3) is 0.391. The lowest BCUT2D eigenvalue weighted by Crippen LogP contribution is -2.52. The van der Waals surface area contributed by atoms with Crippen LogP contribution in [0.2, 0.25) is 5.02 Å². The molecular weight excluding hydrogens is 459 g/mol. The number of rotatable bonds is 3. The number of halogens is 4. The van der Waals surface area contributed by atoms with Crippen LogP contribution in [-0.2, 0) is 15.7 Å². The average Bonchev–Trinajstić information content (AvgIpc) is 2.79. The van der Waals surface area contributed by atoms with E-state index in [1.54, 1.807) is 4.90 Å². The minimum absolute atomic E-state index is 0.179. The maximum Gasteiger partial charge on any atom is 0.417 e. The van der Waals surface area contributed by atoms with Gasteiger partial charge in [-0.05, 0) is 36.8 Å². The molecule has 2 fully saturated rings. The summed E-state index contributed by atoms with van der Waals surface area (Å²) in [5.41, 5.74) is 1.32. The standard InChI is InChI=1S/C23H23ClF3N3O3/c1-15-5-6-16(28-9-11-33-12-10-28)13-19(15)30-8-7-29(14-20(30)31)22(32)17-3-2-4-18(21(17)24)23(25,26)27/h2-6,13H,7-12,14H2,1H3. The lowest BCUT2D eigenvalue weighted by atomic mass is 10.1. The highest BCUT2D eigenvalue weighted by Crippen LogP contribution is 2.37. The van der Waals surface area contributed by atoms with Gasteiger partial charge in [0.2, 0.25) is 5.91 Å². The molecule has 0 aromatic heterocycles. The number of anilines is 2. The number of hydrogen-bond acceptors (Lipinski definition) is 4. The van der Waals surface area contributed by atoms with E-state index >= 15 is 0 Å². The van der Waals surface area contributed by atoms with Crippen molar-refractivity contribution in [2.75, 3.05) is 55.7 Å². The van der Waals surface area contributed by atoms with Crippen molar-refractivity contribution in [2.24, 2.45) is 0 Å². The van der Waals surface area contributed by atoms with Crippen LogP contribution in [0, 0.1) is 6.92 Å². The van der Waals surface area contributed by atoms with Crippen LogP contribution >= 0.6 is 11.6 Å². The summed E-state index contributed by atoms with van der Waals surface area (Å²) in [6.45, 7) is 4.88. The molecule has 2 aliphatic heterocycles. The molecule has 2 aliphatic rings. The molecule has 2 heterocycles. The molecule has 0 unspecified atom stereocenters. The molecule has 0 saturated carbocycles. The van der Waals surface area contributed by atoms with Gasteiger partial charge >= 0.3 is 6.18 Å². The van der Waals surface area contributed by atoms with Crippen LogP contribution in [0.4, 0.5) is 24.5 Å². The second kappa shape index (κ2) is 9.23. The van der Waals surface area contributed by atoms with Crippen LogP contribution in [-0.4, -0.2) is 62.7 Å². The Kier molecular flexibility index (Phi) is 6.54. The number of amides is 2. The van der Waals surface area contributed by atoms with Crippen LogP contribution in [0.25, 0.3) is 0 Å². The fourth-order valence-electron chi connectivity index (χ4n) is 4.09. The van der Waals surface area contributed by atoms with E-state index in [9.17, 15) is 22.8 Å². The topological polar surface area (TPSA) is 53.1 Å². The monoisotopic (exact) mass is 481 g/mol. The summed E-state index contributed by atoms with van der Waals surface area (Å²) in [6, 6.07) is 9.12. The highest BCUT2D eigenvalue weighted by atomic mass is 35.5. The van der Waals surface area contributed by atoms with Gasteiger partial charge < -0.3 is 19.4 Å². The summed E-state index contributed by atoms with van der Waals surface area (Å²) in [5, 5.41) is -0.654. The molecule has 2 aromatic carbocycles. The number of alkyl halides is 3. The molecule has 33 heavy (non-hydrogen) atoms. The SMILES string of the molecule is Cc1ccc(N2CCOCC2)cc1N1CCN(C(=O)c2cccc(C(F)(F)F)c2Cl)CC1=O. The highest BCUT2D eigenvalue weighted by Gasteiger charge is 2.36. The Balaban J connectivity index is 1.52. The minimum atomic E-state index is -4.68. The van der Waals surface area contributed by atoms with Crippen molar-refractivity contribution in [3.8, 4) is 0 Å². The average molecular weight is 482 g/mol. The zero-order chi connectivity index (χ0) is 23.8. The van der Waals surface area contributed by atoms with Gasteiger partial charge in [0.1, 0.15) is 6.54 Å². The number of piperazine rings is 1. The van der Waals surface area contributed by atoms with E-state index in [1.807, 2.05) is 25.1 Å². The number of carbonyl (C=O) groups is 2. The third-order valence-electron chi connectivity index (χ3n) is 5.90. The van der Waals surface area contributed by atoms with Gasteiger partial charge in [0.05, 0.1) is 29.4 Å². The fourth-order valence-corrected chi connectivity index (χ4v) is 4.41. The van der Waals surface area contributed by atoms with Gasteiger partial charge in [0.25, 0.3) is 5.91 Å². The highest BCUT2D eigenvalue weighted by molar-refractivity contribution is 6.34. The maximum atomic E-state index is 13.2. The smallest absolute Gasteiger partial charge is 0.378 e. The number of aryl methyl sites for hydroxylation is 1. The lowest BCUT2D eigenvalue weighted by Gasteiger charge is -2.36. The van der Waals surface area contributed by atoms with Crippen molar-refractivity contribution < 1.29 is 27.5 Å². The van der Waals surface area contributed by atoms with E-state index in [1.165, 1.54) is 11.0 Å². The first kappa shape index (κ1) is 23.4. The van der Waals surface area contributed by atoms with Crippen molar-refractivity contribution in [1.82, 2.24) is 4.90 Å². The summed E-state index contributed by atoms with van der Waals surface area (Å²) in [4.78, 5) is 30.9. The third kappa shape index (κ3) is 4.79. The molecule has 0 spiro atoms. The van der Waals surface area contributed by atoms with Crippen molar-refractivity contribution in [1.29, 1.82) is 0 Å². The van der Waals surface area contributed by atoms with Crippen LogP contribution in [0.3, 0.4) is 0 Å². The molecule has 0 atom stereocenters. The van der Waals surface area contributed by atoms with Gasteiger partial charge in [-0.1, -0.05) is 23.7 Å². The molecule has 0 radical (unpaired) electrons. The second-order valence-electron chi connectivity index (χ2n) is 8.01. The Hall–Kier alpha value is -2.78. The molecule has 176 valence electrons. The van der Waals surface area contributed by atoms with Crippen LogP contribution in [0.15, 0.2) is 36.4 Å². The Morgan fingerprint density at radius 1 is 1.06 bits per heavy atom. The van der Waals surface area contributed by atoms with Gasteiger partial charge in [0.15, 0.2) is 0 Å². The van der Waals surface area contributed by atoms with E-state index < -0.39 is 22.7 Å². The number of carbonyl (C=O) groups excluding carboxylic acids is 2. The summed E-state index contributed by atoms with van der Waals surface area (Å²) >= 11 is 5.90. The number of nitrogens with zero attached hydrogens (tertiary/aromatic N) is 3. The number of hydrogen-bond donors (Lipinski definition) is 0. The molecule has 2 amide bonds. The lowest BCUT2D eigenvalue weighted by molar-refractivity contribution is -0.137. The number of benzene rings is 2. The molecule has 0 N–H and O–H groups in total. The van der Waals surface area contributed by atoms with Crippen LogP contribution in [0.1, 0.15) is 21.5 Å². The molecule has 0 bridgehead atoms. The molecular formula is C23H23ClF3N3O3. The number of ether oxygens (including phenoxy) is 1.